The molecule has 0 aromatic heterocycles. The molecule has 1 fully saturated rings. The van der Waals surface area contributed by atoms with Crippen molar-refractivity contribution in [1.29, 1.82) is 0 Å². The lowest BCUT2D eigenvalue weighted by Gasteiger charge is -2.16. The summed E-state index contributed by atoms with van der Waals surface area (Å²) in [5, 5.41) is 9.85. The van der Waals surface area contributed by atoms with E-state index >= 15 is 0 Å². The van der Waals surface area contributed by atoms with Crippen molar-refractivity contribution in [3.05, 3.63) is 23.8 Å². The summed E-state index contributed by atoms with van der Waals surface area (Å²) < 4.78 is 5.00. The van der Waals surface area contributed by atoms with Crippen molar-refractivity contribution in [3.63, 3.8) is 0 Å². The molecule has 0 radical (unpaired) electrons. The summed E-state index contributed by atoms with van der Waals surface area (Å²) in [6, 6.07) is 5.24. The zero-order chi connectivity index (χ0) is 15.4. The highest BCUT2D eigenvalue weighted by atomic mass is 32.2. The maximum absolute atomic E-state index is 11.9. The molecule has 1 aromatic rings. The number of amides is 1. The van der Waals surface area contributed by atoms with Gasteiger partial charge in [0.05, 0.1) is 7.11 Å². The first-order chi connectivity index (χ1) is 9.99. The zero-order valence-corrected chi connectivity index (χ0v) is 13.0. The Labute approximate surface area is 128 Å². The normalized spacial score (nSPS) is 18.1. The first-order valence-electron chi connectivity index (χ1n) is 6.80. The largest absolute Gasteiger partial charge is 0.504 e. The summed E-state index contributed by atoms with van der Waals surface area (Å²) in [6.07, 6.45) is 1.10. The van der Waals surface area contributed by atoms with Gasteiger partial charge in [-0.25, -0.2) is 0 Å². The lowest BCUT2D eigenvalue weighted by molar-refractivity contribution is -0.127. The number of hydrogen-bond donors (Lipinski definition) is 1. The van der Waals surface area contributed by atoms with Crippen molar-refractivity contribution >= 4 is 22.8 Å². The van der Waals surface area contributed by atoms with Crippen molar-refractivity contribution in [3.8, 4) is 11.5 Å². The lowest BCUT2D eigenvalue weighted by Crippen LogP contribution is -2.27. The molecule has 1 aliphatic rings. The van der Waals surface area contributed by atoms with E-state index in [0.717, 1.165) is 5.56 Å². The van der Waals surface area contributed by atoms with Crippen molar-refractivity contribution < 1.29 is 19.4 Å². The second kappa shape index (κ2) is 6.85. The van der Waals surface area contributed by atoms with Gasteiger partial charge in [0.25, 0.3) is 0 Å². The summed E-state index contributed by atoms with van der Waals surface area (Å²) in [6.45, 7) is 2.74. The molecule has 1 unspecified atom stereocenters. The monoisotopic (exact) mass is 309 g/mol. The highest BCUT2D eigenvalue weighted by molar-refractivity contribution is 8.14. The minimum absolute atomic E-state index is 0.0507. The molecule has 1 heterocycles. The summed E-state index contributed by atoms with van der Waals surface area (Å²) in [5.74, 6) is 0.633. The smallest absolute Gasteiger partial charge is 0.223 e. The van der Waals surface area contributed by atoms with Gasteiger partial charge in [-0.1, -0.05) is 17.8 Å². The number of benzene rings is 1. The van der Waals surface area contributed by atoms with Crippen LogP contribution in [0.2, 0.25) is 0 Å². The molecule has 1 N–H and O–H groups in total. The van der Waals surface area contributed by atoms with Crippen LogP contribution in [0.4, 0.5) is 0 Å². The molecular formula is C15H19NO4S. The van der Waals surface area contributed by atoms with E-state index in [2.05, 4.69) is 0 Å². The van der Waals surface area contributed by atoms with Gasteiger partial charge in [-0.05, 0) is 24.1 Å². The molecule has 21 heavy (non-hydrogen) atoms. The van der Waals surface area contributed by atoms with Crippen molar-refractivity contribution in [1.82, 2.24) is 4.90 Å². The zero-order valence-electron chi connectivity index (χ0n) is 12.2. The Balaban J connectivity index is 1.89. The summed E-state index contributed by atoms with van der Waals surface area (Å²) in [7, 11) is 1.50. The van der Waals surface area contributed by atoms with Crippen LogP contribution in [0.5, 0.6) is 11.5 Å². The second-order valence-corrected chi connectivity index (χ2v) is 6.51. The van der Waals surface area contributed by atoms with E-state index in [1.807, 2.05) is 6.07 Å². The Hall–Kier alpha value is -1.69. The number of methoxy groups -OCH3 is 1. The number of phenols is 1. The number of rotatable bonds is 5. The number of carbonyl (C=O) groups excluding carboxylic acids is 2. The van der Waals surface area contributed by atoms with Crippen LogP contribution in [0.15, 0.2) is 18.2 Å². The number of aromatic hydroxyl groups is 1. The number of likely N-dealkylation sites (tertiary alicyclic amines) is 1. The average Bonchev–Trinajstić information content (AvgIpc) is 2.75. The van der Waals surface area contributed by atoms with E-state index < -0.39 is 0 Å². The number of thioether (sulfide) groups is 1. The molecule has 2 rings (SSSR count). The van der Waals surface area contributed by atoms with E-state index in [-0.39, 0.29) is 22.0 Å². The Morgan fingerprint density at radius 2 is 2.29 bits per heavy atom. The minimum Gasteiger partial charge on any atom is -0.504 e. The number of ether oxygens (including phenoxy) is 1. The van der Waals surface area contributed by atoms with Crippen LogP contribution in [0.25, 0.3) is 0 Å². The van der Waals surface area contributed by atoms with Crippen molar-refractivity contribution in [2.45, 2.75) is 25.0 Å². The fourth-order valence-electron chi connectivity index (χ4n) is 2.42. The number of hydrogen-bond acceptors (Lipinski definition) is 5. The fourth-order valence-corrected chi connectivity index (χ4v) is 3.37. The topological polar surface area (TPSA) is 66.8 Å². The summed E-state index contributed by atoms with van der Waals surface area (Å²) in [5.41, 5.74) is 0.948. The molecule has 0 saturated carbocycles. The van der Waals surface area contributed by atoms with Crippen molar-refractivity contribution in [2.75, 3.05) is 20.2 Å². The molecule has 1 aliphatic heterocycles. The highest BCUT2D eigenvalue weighted by Crippen LogP contribution is 2.27. The molecule has 6 heteroatoms. The molecule has 114 valence electrons. The van der Waals surface area contributed by atoms with Gasteiger partial charge in [0.1, 0.15) is 0 Å². The number of phenolic OH excluding ortho intramolecular Hbond substituents is 1. The Bertz CT molecular complexity index is 546. The van der Waals surface area contributed by atoms with E-state index in [1.165, 1.54) is 25.8 Å². The van der Waals surface area contributed by atoms with E-state index in [9.17, 15) is 14.7 Å². The average molecular weight is 309 g/mol. The summed E-state index contributed by atoms with van der Waals surface area (Å²) >= 11 is 1.24. The van der Waals surface area contributed by atoms with Gasteiger partial charge < -0.3 is 14.7 Å². The highest BCUT2D eigenvalue weighted by Gasteiger charge is 2.30. The van der Waals surface area contributed by atoms with Gasteiger partial charge >= 0.3 is 0 Å². The quantitative estimate of drug-likeness (QED) is 0.899. The van der Waals surface area contributed by atoms with Crippen LogP contribution in [0.1, 0.15) is 18.9 Å². The molecule has 1 amide bonds. The Morgan fingerprint density at radius 3 is 2.90 bits per heavy atom. The SMILES string of the molecule is COc1ccc(CCN2CC(SC(C)=O)CC2=O)cc1O. The molecule has 0 bridgehead atoms. The van der Waals surface area contributed by atoms with Gasteiger partial charge in [-0.3, -0.25) is 9.59 Å². The third-order valence-electron chi connectivity index (χ3n) is 3.43. The standard InChI is InChI=1S/C15H19NO4S/c1-10(17)21-12-8-15(19)16(9-12)6-5-11-3-4-14(20-2)13(18)7-11/h3-4,7,12,18H,5-6,8-9H2,1-2H3. The van der Waals surface area contributed by atoms with Gasteiger partial charge in [-0.2, -0.15) is 0 Å². The molecule has 0 spiro atoms. The molecule has 0 aliphatic carbocycles. The van der Waals surface area contributed by atoms with Crippen LogP contribution in [0, 0.1) is 0 Å². The van der Waals surface area contributed by atoms with Gasteiger partial charge in [0.15, 0.2) is 16.6 Å². The maximum Gasteiger partial charge on any atom is 0.223 e. The van der Waals surface area contributed by atoms with Crippen LogP contribution < -0.4 is 4.74 Å². The Morgan fingerprint density at radius 1 is 1.52 bits per heavy atom. The summed E-state index contributed by atoms with van der Waals surface area (Å²) in [4.78, 5) is 24.8. The minimum atomic E-state index is 0.0507. The van der Waals surface area contributed by atoms with Crippen molar-refractivity contribution in [2.24, 2.45) is 0 Å². The van der Waals surface area contributed by atoms with Crippen LogP contribution in [-0.2, 0) is 16.0 Å². The van der Waals surface area contributed by atoms with Gasteiger partial charge in [0.2, 0.25) is 5.91 Å². The predicted molar refractivity (Wildman–Crippen MR) is 81.6 cm³/mol. The predicted octanol–water partition coefficient (Wildman–Crippen LogP) is 1.82. The first-order valence-corrected chi connectivity index (χ1v) is 7.68. The number of nitrogens with zero attached hydrogens (tertiary/aromatic N) is 1. The van der Waals surface area contributed by atoms with Gasteiger partial charge in [0, 0.05) is 31.7 Å². The first kappa shape index (κ1) is 15.7. The van der Waals surface area contributed by atoms with Crippen LogP contribution in [0.3, 0.4) is 0 Å². The van der Waals surface area contributed by atoms with E-state index in [1.54, 1.807) is 17.0 Å². The van der Waals surface area contributed by atoms with Crippen LogP contribution >= 0.6 is 11.8 Å². The van der Waals surface area contributed by atoms with Crippen LogP contribution in [-0.4, -0.2) is 46.5 Å². The van der Waals surface area contributed by atoms with E-state index in [0.29, 0.717) is 31.7 Å². The van der Waals surface area contributed by atoms with E-state index in [4.69, 9.17) is 4.74 Å². The molecule has 5 nitrogen and oxygen atoms in total. The maximum atomic E-state index is 11.9. The lowest BCUT2D eigenvalue weighted by atomic mass is 10.1. The fraction of sp³-hybridized carbons (Fsp3) is 0.467. The third-order valence-corrected chi connectivity index (χ3v) is 4.41. The molecule has 1 saturated heterocycles. The second-order valence-electron chi connectivity index (χ2n) is 5.03. The molecule has 1 aromatic carbocycles. The number of carbonyl (C=O) groups is 2. The molecule has 1 atom stereocenters. The van der Waals surface area contributed by atoms with Gasteiger partial charge in [-0.15, -0.1) is 0 Å². The Kier molecular flexibility index (Phi) is 5.12. The molecular weight excluding hydrogens is 290 g/mol. The third kappa shape index (κ3) is 4.14.